The molecule has 4 nitrogen and oxygen atoms in total. The van der Waals surface area contributed by atoms with Gasteiger partial charge in [0.15, 0.2) is 5.76 Å². The van der Waals surface area contributed by atoms with Gasteiger partial charge < -0.3 is 14.8 Å². The zero-order valence-electron chi connectivity index (χ0n) is 11.7. The number of rotatable bonds is 5. The van der Waals surface area contributed by atoms with E-state index in [-0.39, 0.29) is 18.2 Å². The lowest BCUT2D eigenvalue weighted by Gasteiger charge is -2.11. The number of aryl methyl sites for hydroxylation is 2. The molecule has 4 heteroatoms. The maximum absolute atomic E-state index is 11.9. The van der Waals surface area contributed by atoms with Crippen LogP contribution in [0.3, 0.4) is 0 Å². The molecule has 1 aromatic heterocycles. The molecule has 2 N–H and O–H groups in total. The molecule has 0 aliphatic heterocycles. The summed E-state index contributed by atoms with van der Waals surface area (Å²) in [6, 6.07) is 11.4. The number of aliphatic hydroxyl groups excluding tert-OH is 1. The van der Waals surface area contributed by atoms with Crippen molar-refractivity contribution in [1.82, 2.24) is 5.32 Å². The van der Waals surface area contributed by atoms with E-state index in [1.165, 1.54) is 0 Å². The van der Waals surface area contributed by atoms with E-state index < -0.39 is 6.10 Å². The van der Waals surface area contributed by atoms with Gasteiger partial charge in [-0.3, -0.25) is 4.79 Å². The first kappa shape index (κ1) is 14.3. The molecule has 0 spiro atoms. The minimum atomic E-state index is -0.612. The van der Waals surface area contributed by atoms with Gasteiger partial charge >= 0.3 is 0 Å². The van der Waals surface area contributed by atoms with Crippen LogP contribution in [0.15, 0.2) is 40.8 Å². The smallest absolute Gasteiger partial charge is 0.287 e. The summed E-state index contributed by atoms with van der Waals surface area (Å²) in [6.07, 6.45) is -0.101. The van der Waals surface area contributed by atoms with E-state index in [0.717, 1.165) is 16.9 Å². The van der Waals surface area contributed by atoms with Crippen LogP contribution in [-0.4, -0.2) is 23.7 Å². The van der Waals surface area contributed by atoms with Crippen LogP contribution in [0.5, 0.6) is 0 Å². The Morgan fingerprint density at radius 3 is 2.60 bits per heavy atom. The minimum absolute atomic E-state index is 0.201. The molecule has 0 radical (unpaired) electrons. The average Bonchev–Trinajstić information content (AvgIpc) is 2.77. The Hall–Kier alpha value is -2.07. The van der Waals surface area contributed by atoms with E-state index in [1.54, 1.807) is 6.07 Å². The summed E-state index contributed by atoms with van der Waals surface area (Å²) in [5, 5.41) is 12.6. The van der Waals surface area contributed by atoms with Gasteiger partial charge in [0.25, 0.3) is 5.91 Å². The third-order valence-corrected chi connectivity index (χ3v) is 3.20. The number of amides is 1. The molecule has 1 amide bonds. The number of furan rings is 1. The van der Waals surface area contributed by atoms with Crippen molar-refractivity contribution >= 4 is 5.91 Å². The summed E-state index contributed by atoms with van der Waals surface area (Å²) < 4.78 is 5.33. The highest BCUT2D eigenvalue weighted by Crippen LogP contribution is 2.12. The van der Waals surface area contributed by atoms with Crippen molar-refractivity contribution < 1.29 is 14.3 Å². The van der Waals surface area contributed by atoms with Crippen LogP contribution in [0, 0.1) is 13.8 Å². The summed E-state index contributed by atoms with van der Waals surface area (Å²) in [5.41, 5.74) is 1.99. The van der Waals surface area contributed by atoms with Gasteiger partial charge in [0.2, 0.25) is 0 Å². The summed E-state index contributed by atoms with van der Waals surface area (Å²) in [4.78, 5) is 11.9. The molecule has 106 valence electrons. The van der Waals surface area contributed by atoms with E-state index in [1.807, 2.05) is 44.2 Å². The third-order valence-electron chi connectivity index (χ3n) is 3.20. The maximum Gasteiger partial charge on any atom is 0.287 e. The molecular formula is C16H19NO3. The molecule has 0 aliphatic rings. The van der Waals surface area contributed by atoms with Crippen molar-refractivity contribution in [3.63, 3.8) is 0 Å². The Balaban J connectivity index is 1.84. The highest BCUT2D eigenvalue weighted by molar-refractivity contribution is 5.91. The second-order valence-electron chi connectivity index (χ2n) is 4.90. The standard InChI is InChI=1S/C16H19NO3/c1-11-8-15(20-12(11)2)16(19)17-10-14(18)9-13-6-4-3-5-7-13/h3-8,14,18H,9-10H2,1-2H3,(H,17,19). The van der Waals surface area contributed by atoms with Gasteiger partial charge in [-0.05, 0) is 31.0 Å². The fourth-order valence-corrected chi connectivity index (χ4v) is 1.94. The van der Waals surface area contributed by atoms with E-state index >= 15 is 0 Å². The zero-order valence-corrected chi connectivity index (χ0v) is 11.7. The first-order chi connectivity index (χ1) is 9.56. The zero-order chi connectivity index (χ0) is 14.5. The molecule has 1 heterocycles. The number of carbonyl (C=O) groups is 1. The maximum atomic E-state index is 11.9. The summed E-state index contributed by atoms with van der Waals surface area (Å²) in [7, 11) is 0. The number of benzene rings is 1. The highest BCUT2D eigenvalue weighted by Gasteiger charge is 2.14. The largest absolute Gasteiger partial charge is 0.456 e. The Kier molecular flexibility index (Phi) is 4.58. The second-order valence-corrected chi connectivity index (χ2v) is 4.90. The van der Waals surface area contributed by atoms with Crippen molar-refractivity contribution in [1.29, 1.82) is 0 Å². The van der Waals surface area contributed by atoms with Gasteiger partial charge in [-0.25, -0.2) is 0 Å². The molecule has 2 rings (SSSR count). The van der Waals surface area contributed by atoms with E-state index in [4.69, 9.17) is 4.42 Å². The first-order valence-corrected chi connectivity index (χ1v) is 6.63. The van der Waals surface area contributed by atoms with Crippen LogP contribution >= 0.6 is 0 Å². The number of hydrogen-bond donors (Lipinski definition) is 2. The van der Waals surface area contributed by atoms with Crippen molar-refractivity contribution in [3.05, 3.63) is 59.0 Å². The minimum Gasteiger partial charge on any atom is -0.456 e. The lowest BCUT2D eigenvalue weighted by atomic mass is 10.1. The Bertz CT molecular complexity index is 555. The van der Waals surface area contributed by atoms with Gasteiger partial charge in [-0.2, -0.15) is 0 Å². The number of carbonyl (C=O) groups excluding carboxylic acids is 1. The topological polar surface area (TPSA) is 62.5 Å². The number of hydrogen-bond acceptors (Lipinski definition) is 3. The van der Waals surface area contributed by atoms with Crippen LogP contribution in [0.25, 0.3) is 0 Å². The average molecular weight is 273 g/mol. The monoisotopic (exact) mass is 273 g/mol. The molecule has 1 aromatic carbocycles. The van der Waals surface area contributed by atoms with E-state index in [0.29, 0.717) is 6.42 Å². The van der Waals surface area contributed by atoms with Crippen molar-refractivity contribution in [3.8, 4) is 0 Å². The summed E-state index contributed by atoms with van der Waals surface area (Å²) in [6.45, 7) is 3.91. The van der Waals surface area contributed by atoms with Gasteiger partial charge in [-0.1, -0.05) is 30.3 Å². The van der Waals surface area contributed by atoms with Gasteiger partial charge in [0.1, 0.15) is 5.76 Å². The highest BCUT2D eigenvalue weighted by atomic mass is 16.3. The lowest BCUT2D eigenvalue weighted by molar-refractivity contribution is 0.0887. The molecule has 0 aliphatic carbocycles. The molecule has 0 saturated carbocycles. The second kappa shape index (κ2) is 6.39. The molecule has 1 atom stereocenters. The fraction of sp³-hybridized carbons (Fsp3) is 0.312. The predicted octanol–water partition coefficient (Wildman–Crippen LogP) is 2.23. The van der Waals surface area contributed by atoms with Crippen molar-refractivity contribution in [2.45, 2.75) is 26.4 Å². The fourth-order valence-electron chi connectivity index (χ4n) is 1.94. The van der Waals surface area contributed by atoms with Crippen molar-refractivity contribution in [2.75, 3.05) is 6.54 Å². The quantitative estimate of drug-likeness (QED) is 0.878. The third kappa shape index (κ3) is 3.71. The molecule has 2 aromatic rings. The SMILES string of the molecule is Cc1cc(C(=O)NCC(O)Cc2ccccc2)oc1C. The lowest BCUT2D eigenvalue weighted by Crippen LogP contribution is -2.33. The summed E-state index contributed by atoms with van der Waals surface area (Å²) >= 11 is 0. The normalized spacial score (nSPS) is 12.2. The summed E-state index contributed by atoms with van der Waals surface area (Å²) in [5.74, 6) is 0.722. The molecule has 20 heavy (non-hydrogen) atoms. The van der Waals surface area contributed by atoms with Crippen LogP contribution in [0.4, 0.5) is 0 Å². The van der Waals surface area contributed by atoms with E-state index in [9.17, 15) is 9.90 Å². The predicted molar refractivity (Wildman–Crippen MR) is 76.7 cm³/mol. The van der Waals surface area contributed by atoms with Crippen molar-refractivity contribution in [2.24, 2.45) is 0 Å². The molecule has 0 bridgehead atoms. The first-order valence-electron chi connectivity index (χ1n) is 6.63. The Labute approximate surface area is 118 Å². The molecule has 1 unspecified atom stereocenters. The van der Waals surface area contributed by atoms with Crippen LogP contribution in [0.1, 0.15) is 27.4 Å². The Morgan fingerprint density at radius 1 is 1.30 bits per heavy atom. The van der Waals surface area contributed by atoms with Gasteiger partial charge in [0, 0.05) is 13.0 Å². The van der Waals surface area contributed by atoms with Gasteiger partial charge in [-0.15, -0.1) is 0 Å². The number of nitrogens with one attached hydrogen (secondary N) is 1. The van der Waals surface area contributed by atoms with Crippen LogP contribution < -0.4 is 5.32 Å². The molecule has 0 fully saturated rings. The van der Waals surface area contributed by atoms with E-state index in [2.05, 4.69) is 5.32 Å². The van der Waals surface area contributed by atoms with Gasteiger partial charge in [0.05, 0.1) is 6.10 Å². The molecular weight excluding hydrogens is 254 g/mol. The number of aliphatic hydroxyl groups is 1. The molecule has 0 saturated heterocycles. The Morgan fingerprint density at radius 2 is 2.00 bits per heavy atom. The van der Waals surface area contributed by atoms with Crippen LogP contribution in [0.2, 0.25) is 0 Å². The van der Waals surface area contributed by atoms with Crippen LogP contribution in [-0.2, 0) is 6.42 Å².